The SMILES string of the molecule is Cc1ccccc1NC(=O)COC(=O)CCc1nc(-c2ccccn2)no1. The number of anilines is 1. The summed E-state index contributed by atoms with van der Waals surface area (Å²) in [5.41, 5.74) is 2.20. The van der Waals surface area contributed by atoms with Crippen molar-refractivity contribution in [1.29, 1.82) is 0 Å². The summed E-state index contributed by atoms with van der Waals surface area (Å²) in [6.45, 7) is 1.53. The fourth-order valence-corrected chi connectivity index (χ4v) is 2.28. The molecular weight excluding hydrogens is 348 g/mol. The fourth-order valence-electron chi connectivity index (χ4n) is 2.28. The number of ether oxygens (including phenoxy) is 1. The summed E-state index contributed by atoms with van der Waals surface area (Å²) < 4.78 is 10.1. The lowest BCUT2D eigenvalue weighted by atomic mass is 10.2. The van der Waals surface area contributed by atoms with E-state index in [2.05, 4.69) is 20.4 Å². The second-order valence-electron chi connectivity index (χ2n) is 5.75. The van der Waals surface area contributed by atoms with Crippen LogP contribution in [0, 0.1) is 6.92 Å². The van der Waals surface area contributed by atoms with Gasteiger partial charge in [0.1, 0.15) is 5.69 Å². The lowest BCUT2D eigenvalue weighted by Gasteiger charge is -2.08. The molecule has 0 saturated carbocycles. The summed E-state index contributed by atoms with van der Waals surface area (Å²) in [4.78, 5) is 32.0. The van der Waals surface area contributed by atoms with Crippen LogP contribution in [0.4, 0.5) is 5.69 Å². The van der Waals surface area contributed by atoms with Gasteiger partial charge in [-0.3, -0.25) is 14.6 Å². The maximum atomic E-state index is 11.9. The smallest absolute Gasteiger partial charge is 0.306 e. The number of aryl methyl sites for hydroxylation is 2. The zero-order valence-electron chi connectivity index (χ0n) is 14.7. The molecule has 1 N–H and O–H groups in total. The van der Waals surface area contributed by atoms with Crippen molar-refractivity contribution >= 4 is 17.6 Å². The van der Waals surface area contributed by atoms with Crippen molar-refractivity contribution in [3.05, 3.63) is 60.1 Å². The average Bonchev–Trinajstić information content (AvgIpc) is 3.16. The van der Waals surface area contributed by atoms with Gasteiger partial charge in [-0.2, -0.15) is 4.98 Å². The first kappa shape index (κ1) is 18.2. The molecule has 0 bridgehead atoms. The van der Waals surface area contributed by atoms with Gasteiger partial charge in [-0.05, 0) is 30.7 Å². The number of amides is 1. The van der Waals surface area contributed by atoms with Crippen molar-refractivity contribution in [2.24, 2.45) is 0 Å². The largest absolute Gasteiger partial charge is 0.456 e. The number of aromatic nitrogens is 3. The van der Waals surface area contributed by atoms with Crippen LogP contribution in [0.5, 0.6) is 0 Å². The first-order valence-electron chi connectivity index (χ1n) is 8.37. The molecule has 0 fully saturated rings. The summed E-state index contributed by atoms with van der Waals surface area (Å²) in [5.74, 6) is -0.256. The number of nitrogens with one attached hydrogen (secondary N) is 1. The topological polar surface area (TPSA) is 107 Å². The van der Waals surface area contributed by atoms with E-state index in [1.165, 1.54) is 0 Å². The summed E-state index contributed by atoms with van der Waals surface area (Å²) in [6, 6.07) is 12.7. The second kappa shape index (κ2) is 8.70. The summed E-state index contributed by atoms with van der Waals surface area (Å²) in [5, 5.41) is 6.53. The molecule has 0 atom stereocenters. The lowest BCUT2D eigenvalue weighted by molar-refractivity contribution is -0.147. The second-order valence-corrected chi connectivity index (χ2v) is 5.75. The van der Waals surface area contributed by atoms with Gasteiger partial charge in [0.2, 0.25) is 11.7 Å². The van der Waals surface area contributed by atoms with Gasteiger partial charge in [-0.15, -0.1) is 0 Å². The zero-order chi connectivity index (χ0) is 19.1. The molecule has 0 radical (unpaired) electrons. The molecule has 138 valence electrons. The molecule has 8 heteroatoms. The van der Waals surface area contributed by atoms with Crippen molar-refractivity contribution in [3.63, 3.8) is 0 Å². The Labute approximate surface area is 155 Å². The molecular formula is C19H18N4O4. The van der Waals surface area contributed by atoms with Crippen LogP contribution in [-0.2, 0) is 20.7 Å². The minimum absolute atomic E-state index is 0.0293. The lowest BCUT2D eigenvalue weighted by Crippen LogP contribution is -2.21. The monoisotopic (exact) mass is 366 g/mol. The third kappa shape index (κ3) is 5.21. The molecule has 0 saturated heterocycles. The molecule has 0 unspecified atom stereocenters. The van der Waals surface area contributed by atoms with E-state index in [-0.39, 0.29) is 19.4 Å². The van der Waals surface area contributed by atoms with E-state index in [4.69, 9.17) is 9.26 Å². The van der Waals surface area contributed by atoms with Crippen LogP contribution < -0.4 is 5.32 Å². The quantitative estimate of drug-likeness (QED) is 0.640. The van der Waals surface area contributed by atoms with E-state index in [0.717, 1.165) is 5.56 Å². The number of carbonyl (C=O) groups is 2. The Morgan fingerprint density at radius 1 is 1.15 bits per heavy atom. The van der Waals surface area contributed by atoms with Gasteiger partial charge in [0, 0.05) is 18.3 Å². The van der Waals surface area contributed by atoms with E-state index in [1.54, 1.807) is 24.4 Å². The Morgan fingerprint density at radius 3 is 2.74 bits per heavy atom. The van der Waals surface area contributed by atoms with Crippen LogP contribution in [-0.4, -0.2) is 33.6 Å². The van der Waals surface area contributed by atoms with E-state index in [9.17, 15) is 9.59 Å². The van der Waals surface area contributed by atoms with Crippen molar-refractivity contribution < 1.29 is 18.8 Å². The van der Waals surface area contributed by atoms with E-state index in [1.807, 2.05) is 31.2 Å². The summed E-state index contributed by atoms with van der Waals surface area (Å²) >= 11 is 0. The van der Waals surface area contributed by atoms with Crippen LogP contribution in [0.3, 0.4) is 0 Å². The molecule has 3 rings (SSSR count). The van der Waals surface area contributed by atoms with Crippen LogP contribution in [0.1, 0.15) is 17.9 Å². The fraction of sp³-hybridized carbons (Fsp3) is 0.211. The van der Waals surface area contributed by atoms with Gasteiger partial charge in [-0.25, -0.2) is 0 Å². The number of benzene rings is 1. The van der Waals surface area contributed by atoms with Crippen molar-refractivity contribution in [2.75, 3.05) is 11.9 Å². The number of hydrogen-bond acceptors (Lipinski definition) is 7. The molecule has 2 aromatic heterocycles. The molecule has 0 aliphatic carbocycles. The molecule has 2 heterocycles. The van der Waals surface area contributed by atoms with Crippen molar-refractivity contribution in [2.45, 2.75) is 19.8 Å². The van der Waals surface area contributed by atoms with Crippen LogP contribution in [0.2, 0.25) is 0 Å². The highest BCUT2D eigenvalue weighted by molar-refractivity contribution is 5.93. The summed E-state index contributed by atoms with van der Waals surface area (Å²) in [6.07, 6.45) is 1.88. The molecule has 0 aliphatic rings. The van der Waals surface area contributed by atoms with Crippen molar-refractivity contribution in [1.82, 2.24) is 15.1 Å². The standard InChI is InChI=1S/C19H18N4O4/c1-13-6-2-3-7-14(13)21-16(24)12-26-18(25)10-9-17-22-19(23-27-17)15-8-4-5-11-20-15/h2-8,11H,9-10,12H2,1H3,(H,21,24). The Morgan fingerprint density at radius 2 is 1.96 bits per heavy atom. The number of hydrogen-bond donors (Lipinski definition) is 1. The van der Waals surface area contributed by atoms with Gasteiger partial charge in [0.15, 0.2) is 6.61 Å². The Hall–Kier alpha value is -3.55. The number of esters is 1. The van der Waals surface area contributed by atoms with E-state index >= 15 is 0 Å². The predicted molar refractivity (Wildman–Crippen MR) is 96.6 cm³/mol. The summed E-state index contributed by atoms with van der Waals surface area (Å²) in [7, 11) is 0. The van der Waals surface area contributed by atoms with E-state index in [0.29, 0.717) is 23.1 Å². The maximum absolute atomic E-state index is 11.9. The third-order valence-electron chi connectivity index (χ3n) is 3.69. The van der Waals surface area contributed by atoms with Gasteiger partial charge >= 0.3 is 5.97 Å². The van der Waals surface area contributed by atoms with Gasteiger partial charge < -0.3 is 14.6 Å². The minimum Gasteiger partial charge on any atom is -0.456 e. The van der Waals surface area contributed by atoms with Gasteiger partial charge in [-0.1, -0.05) is 29.4 Å². The van der Waals surface area contributed by atoms with E-state index < -0.39 is 11.9 Å². The minimum atomic E-state index is -0.521. The zero-order valence-corrected chi connectivity index (χ0v) is 14.7. The Balaban J connectivity index is 1.43. The first-order chi connectivity index (χ1) is 13.1. The Bertz CT molecular complexity index is 924. The highest BCUT2D eigenvalue weighted by atomic mass is 16.5. The predicted octanol–water partition coefficient (Wildman–Crippen LogP) is 2.55. The number of para-hydroxylation sites is 1. The number of nitrogens with zero attached hydrogens (tertiary/aromatic N) is 3. The first-order valence-corrected chi connectivity index (χ1v) is 8.37. The van der Waals surface area contributed by atoms with Crippen LogP contribution >= 0.6 is 0 Å². The van der Waals surface area contributed by atoms with Gasteiger partial charge in [0.05, 0.1) is 6.42 Å². The normalized spacial score (nSPS) is 10.4. The number of carbonyl (C=O) groups excluding carboxylic acids is 2. The van der Waals surface area contributed by atoms with Crippen molar-refractivity contribution in [3.8, 4) is 11.5 Å². The maximum Gasteiger partial charge on any atom is 0.306 e. The van der Waals surface area contributed by atoms with Gasteiger partial charge in [0.25, 0.3) is 5.91 Å². The number of pyridine rings is 1. The molecule has 0 aliphatic heterocycles. The molecule has 1 amide bonds. The molecule has 27 heavy (non-hydrogen) atoms. The highest BCUT2D eigenvalue weighted by Crippen LogP contribution is 2.14. The molecule has 3 aromatic rings. The third-order valence-corrected chi connectivity index (χ3v) is 3.69. The highest BCUT2D eigenvalue weighted by Gasteiger charge is 2.13. The van der Waals surface area contributed by atoms with Crippen LogP contribution in [0.15, 0.2) is 53.2 Å². The molecule has 0 spiro atoms. The molecule has 8 nitrogen and oxygen atoms in total. The number of rotatable bonds is 7. The average molecular weight is 366 g/mol. The Kier molecular flexibility index (Phi) is 5.88. The molecule has 1 aromatic carbocycles. The van der Waals surface area contributed by atoms with Crippen LogP contribution in [0.25, 0.3) is 11.5 Å².